The van der Waals surface area contributed by atoms with Crippen molar-refractivity contribution in [1.29, 1.82) is 0 Å². The smallest absolute Gasteiger partial charge is 0.00454 e. The van der Waals surface area contributed by atoms with Crippen molar-refractivity contribution in [2.24, 2.45) is 0 Å². The van der Waals surface area contributed by atoms with Crippen molar-refractivity contribution in [3.05, 3.63) is 0 Å². The van der Waals surface area contributed by atoms with Gasteiger partial charge < -0.3 is 0 Å². The van der Waals surface area contributed by atoms with E-state index in [0.717, 1.165) is 0 Å². The molecule has 20 heavy (non-hydrogen) atoms. The van der Waals surface area contributed by atoms with Gasteiger partial charge >= 0.3 is 0 Å². The second-order valence-corrected chi connectivity index (χ2v) is 19.4. The highest BCUT2D eigenvalue weighted by Crippen LogP contribution is 2.58. The standard InChI is InChI=1S/C11H22S9/c1-2-4-6-8-10-12-14-16-18-20-19-17-15-13-11-9-7-5-3-1/h1-11H2. The predicted octanol–water partition coefficient (Wildman–Crippen LogP) is 9.43. The summed E-state index contributed by atoms with van der Waals surface area (Å²) >= 11 is 0. The van der Waals surface area contributed by atoms with E-state index in [9.17, 15) is 0 Å². The van der Waals surface area contributed by atoms with Crippen molar-refractivity contribution in [3.63, 3.8) is 0 Å². The zero-order chi connectivity index (χ0) is 14.1. The molecule has 0 unspecified atom stereocenters. The van der Waals surface area contributed by atoms with Crippen LogP contribution in [0.1, 0.15) is 57.8 Å². The van der Waals surface area contributed by atoms with Gasteiger partial charge in [0, 0.05) is 11.5 Å². The fourth-order valence-corrected chi connectivity index (χ4v) is 21.7. The molecular formula is C11H22S9. The molecule has 0 amide bonds. The molecule has 0 atom stereocenters. The molecule has 0 aromatic heterocycles. The third-order valence-electron chi connectivity index (χ3n) is 2.72. The Morgan fingerprint density at radius 3 is 1.00 bits per heavy atom. The van der Waals surface area contributed by atoms with E-state index in [1.807, 2.05) is 90.4 Å². The summed E-state index contributed by atoms with van der Waals surface area (Å²) in [5, 5.41) is 0. The highest BCUT2D eigenvalue weighted by atomic mass is 34.0. The van der Waals surface area contributed by atoms with Crippen LogP contribution in [0, 0.1) is 0 Å². The van der Waals surface area contributed by atoms with E-state index in [1.165, 1.54) is 69.3 Å². The van der Waals surface area contributed by atoms with Crippen LogP contribution in [0.2, 0.25) is 0 Å². The Kier molecular flexibility index (Phi) is 19.6. The first-order valence-corrected chi connectivity index (χ1v) is 18.7. The maximum atomic E-state index is 2.02. The second-order valence-electron chi connectivity index (χ2n) is 4.30. The van der Waals surface area contributed by atoms with Gasteiger partial charge in [-0.25, -0.2) is 0 Å². The average Bonchev–Trinajstić information content (AvgIpc) is 2.46. The molecule has 1 saturated heterocycles. The summed E-state index contributed by atoms with van der Waals surface area (Å²) in [6.07, 6.45) is 12.9. The van der Waals surface area contributed by atoms with Crippen molar-refractivity contribution in [2.45, 2.75) is 57.8 Å². The van der Waals surface area contributed by atoms with E-state index in [2.05, 4.69) is 0 Å². The van der Waals surface area contributed by atoms with Crippen LogP contribution in [0.15, 0.2) is 0 Å². The summed E-state index contributed by atoms with van der Waals surface area (Å²) < 4.78 is 0. The molecule has 0 aromatic carbocycles. The largest absolute Gasteiger partial charge is 0.0817 e. The van der Waals surface area contributed by atoms with Crippen LogP contribution in [0.5, 0.6) is 0 Å². The molecular weight excluding hydrogens is 421 g/mol. The lowest BCUT2D eigenvalue weighted by Gasteiger charge is -2.03. The van der Waals surface area contributed by atoms with E-state index in [1.54, 1.807) is 0 Å². The molecule has 1 rings (SSSR count). The highest BCUT2D eigenvalue weighted by Gasteiger charge is 1.99. The Bertz CT molecular complexity index is 106. The second kappa shape index (κ2) is 18.5. The predicted molar refractivity (Wildman–Crippen MR) is 120 cm³/mol. The first-order chi connectivity index (χ1) is 10.0. The normalized spacial score (nSPS) is 24.0. The monoisotopic (exact) mass is 442 g/mol. The van der Waals surface area contributed by atoms with E-state index in [-0.39, 0.29) is 0 Å². The van der Waals surface area contributed by atoms with Crippen LogP contribution in [0.25, 0.3) is 0 Å². The highest BCUT2D eigenvalue weighted by molar-refractivity contribution is 9.51. The van der Waals surface area contributed by atoms with Gasteiger partial charge in [-0.05, 0) is 81.6 Å². The zero-order valence-corrected chi connectivity index (χ0v) is 18.8. The van der Waals surface area contributed by atoms with Crippen LogP contribution in [-0.2, 0) is 0 Å². The molecule has 0 nitrogen and oxygen atoms in total. The van der Waals surface area contributed by atoms with Crippen LogP contribution < -0.4 is 0 Å². The molecule has 0 aromatic rings. The Morgan fingerprint density at radius 1 is 0.300 bits per heavy atom. The maximum Gasteiger partial charge on any atom is 0.00454 e. The molecule has 0 aliphatic carbocycles. The average molecular weight is 443 g/mol. The summed E-state index contributed by atoms with van der Waals surface area (Å²) in [6, 6.07) is 0. The molecule has 0 N–H and O–H groups in total. The molecule has 1 heterocycles. The molecule has 0 radical (unpaired) electrons. The van der Waals surface area contributed by atoms with E-state index in [4.69, 9.17) is 0 Å². The Balaban J connectivity index is 2.00. The van der Waals surface area contributed by atoms with Gasteiger partial charge in [-0.1, -0.05) is 66.5 Å². The van der Waals surface area contributed by atoms with Crippen molar-refractivity contribution >= 4 is 90.4 Å². The Labute approximate surface area is 158 Å². The van der Waals surface area contributed by atoms with Gasteiger partial charge in [0.25, 0.3) is 0 Å². The molecule has 120 valence electrons. The summed E-state index contributed by atoms with van der Waals surface area (Å²) in [4.78, 5) is 0. The number of hydrogen-bond donors (Lipinski definition) is 0. The van der Waals surface area contributed by atoms with E-state index >= 15 is 0 Å². The lowest BCUT2D eigenvalue weighted by molar-refractivity contribution is 0.574. The summed E-state index contributed by atoms with van der Waals surface area (Å²) in [5.41, 5.74) is 0. The third-order valence-corrected chi connectivity index (χ3v) is 20.5. The van der Waals surface area contributed by atoms with Crippen molar-refractivity contribution in [1.82, 2.24) is 0 Å². The van der Waals surface area contributed by atoms with Crippen LogP contribution >= 0.6 is 90.4 Å². The lowest BCUT2D eigenvalue weighted by atomic mass is 10.1. The quantitative estimate of drug-likeness (QED) is 0.333. The molecule has 1 fully saturated rings. The minimum Gasteiger partial charge on any atom is -0.0817 e. The fourth-order valence-electron chi connectivity index (χ4n) is 1.72. The summed E-state index contributed by atoms with van der Waals surface area (Å²) in [5.74, 6) is 2.63. The summed E-state index contributed by atoms with van der Waals surface area (Å²) in [7, 11) is 17.4. The van der Waals surface area contributed by atoms with Crippen molar-refractivity contribution < 1.29 is 0 Å². The zero-order valence-electron chi connectivity index (χ0n) is 11.5. The SMILES string of the molecule is C1CCCCCSSSSSSSSSCCCCC1. The lowest BCUT2D eigenvalue weighted by Crippen LogP contribution is -1.83. The van der Waals surface area contributed by atoms with Gasteiger partial charge in [-0.2, -0.15) is 0 Å². The van der Waals surface area contributed by atoms with Gasteiger partial charge in [0.15, 0.2) is 0 Å². The molecule has 1 aliphatic heterocycles. The van der Waals surface area contributed by atoms with E-state index in [0.29, 0.717) is 0 Å². The Morgan fingerprint density at radius 2 is 0.600 bits per heavy atom. The van der Waals surface area contributed by atoms with Crippen LogP contribution in [0.4, 0.5) is 0 Å². The summed E-state index contributed by atoms with van der Waals surface area (Å²) in [6.45, 7) is 0. The van der Waals surface area contributed by atoms with E-state index < -0.39 is 0 Å². The molecule has 0 bridgehead atoms. The molecule has 9 heteroatoms. The van der Waals surface area contributed by atoms with Crippen molar-refractivity contribution in [3.8, 4) is 0 Å². The minimum atomic E-state index is 1.32. The van der Waals surface area contributed by atoms with Gasteiger partial charge in [0.2, 0.25) is 0 Å². The number of hydrogen-bond acceptors (Lipinski definition) is 9. The molecule has 0 saturated carbocycles. The molecule has 0 spiro atoms. The van der Waals surface area contributed by atoms with Crippen LogP contribution in [0.3, 0.4) is 0 Å². The molecule has 1 aliphatic rings. The minimum absolute atomic E-state index is 1.32. The van der Waals surface area contributed by atoms with Crippen molar-refractivity contribution in [2.75, 3.05) is 11.5 Å². The van der Waals surface area contributed by atoms with Gasteiger partial charge in [-0.3, -0.25) is 0 Å². The Hall–Kier alpha value is 3.15. The first kappa shape index (κ1) is 21.2. The first-order valence-electron chi connectivity index (χ1n) is 6.91. The van der Waals surface area contributed by atoms with Gasteiger partial charge in [0.05, 0.1) is 0 Å². The topological polar surface area (TPSA) is 0 Å². The van der Waals surface area contributed by atoms with Gasteiger partial charge in [0.1, 0.15) is 0 Å². The third kappa shape index (κ3) is 16.0. The fraction of sp³-hybridized carbons (Fsp3) is 1.00. The maximum absolute atomic E-state index is 2.02. The number of rotatable bonds is 0. The van der Waals surface area contributed by atoms with Crippen LogP contribution in [-0.4, -0.2) is 11.5 Å². The van der Waals surface area contributed by atoms with Gasteiger partial charge in [-0.15, -0.1) is 0 Å².